The Labute approximate surface area is 193 Å². The highest BCUT2D eigenvalue weighted by molar-refractivity contribution is 5.93. The minimum absolute atomic E-state index is 0.0322. The average molecular weight is 449 g/mol. The number of fused-ring (bicyclic) bond motifs is 1. The van der Waals surface area contributed by atoms with E-state index in [-0.39, 0.29) is 22.9 Å². The largest absolute Gasteiger partial charge is 0.368 e. The fourth-order valence-electron chi connectivity index (χ4n) is 3.85. The molecule has 0 saturated heterocycles. The van der Waals surface area contributed by atoms with Gasteiger partial charge in [-0.2, -0.15) is 15.3 Å². The molecule has 4 N–H and O–H groups in total. The topological polar surface area (TPSA) is 151 Å². The van der Waals surface area contributed by atoms with Gasteiger partial charge in [-0.1, -0.05) is 30.3 Å². The second kappa shape index (κ2) is 8.48. The summed E-state index contributed by atoms with van der Waals surface area (Å²) in [5.74, 6) is 0.749. The number of hydrogen-bond donors (Lipinski definition) is 3. The average Bonchev–Trinajstić information content (AvgIpc) is 3.39. The molecule has 34 heavy (non-hydrogen) atoms. The molecule has 10 nitrogen and oxygen atoms in total. The van der Waals surface area contributed by atoms with Crippen molar-refractivity contribution in [2.75, 3.05) is 11.1 Å². The molecule has 0 amide bonds. The molecule has 0 fully saturated rings. The predicted molar refractivity (Wildman–Crippen MR) is 128 cm³/mol. The van der Waals surface area contributed by atoms with Gasteiger partial charge in [0, 0.05) is 11.8 Å². The van der Waals surface area contributed by atoms with Gasteiger partial charge in [0.2, 0.25) is 5.95 Å². The van der Waals surface area contributed by atoms with Crippen LogP contribution in [0.4, 0.5) is 11.8 Å². The Morgan fingerprint density at radius 2 is 1.94 bits per heavy atom. The molecule has 0 aliphatic carbocycles. The van der Waals surface area contributed by atoms with Crippen LogP contribution in [0.2, 0.25) is 0 Å². The highest BCUT2D eigenvalue weighted by Gasteiger charge is 2.21. The lowest BCUT2D eigenvalue weighted by Crippen LogP contribution is -2.28. The molecule has 5 rings (SSSR count). The second-order valence-electron chi connectivity index (χ2n) is 7.58. The van der Waals surface area contributed by atoms with E-state index in [1.165, 1.54) is 6.20 Å². The number of nitriles is 1. The molecule has 0 bridgehead atoms. The first-order valence-corrected chi connectivity index (χ1v) is 10.5. The number of H-pyrrole nitrogens is 1. The number of nitrogens with zero attached hydrogens (tertiary/aromatic N) is 6. The summed E-state index contributed by atoms with van der Waals surface area (Å²) in [6, 6.07) is 18.1. The van der Waals surface area contributed by atoms with Crippen LogP contribution >= 0.6 is 0 Å². The molecular weight excluding hydrogens is 430 g/mol. The SMILES string of the molecule is CC(Nc1nc(N)ncc1C#N)c1nc2cccc(-c3ccn[nH]3)c2c(=O)n1-c1ccccc1. The molecule has 0 spiro atoms. The van der Waals surface area contributed by atoms with E-state index in [1.807, 2.05) is 61.5 Å². The minimum Gasteiger partial charge on any atom is -0.368 e. The fourth-order valence-corrected chi connectivity index (χ4v) is 3.85. The third-order valence-corrected chi connectivity index (χ3v) is 5.40. The quantitative estimate of drug-likeness (QED) is 0.370. The van der Waals surface area contributed by atoms with Crippen molar-refractivity contribution in [2.24, 2.45) is 0 Å². The van der Waals surface area contributed by atoms with Crippen molar-refractivity contribution >= 4 is 22.7 Å². The summed E-state index contributed by atoms with van der Waals surface area (Å²) in [4.78, 5) is 26.8. The van der Waals surface area contributed by atoms with Crippen molar-refractivity contribution in [1.29, 1.82) is 5.26 Å². The van der Waals surface area contributed by atoms with Crippen LogP contribution in [-0.4, -0.2) is 29.7 Å². The number of para-hydroxylation sites is 1. The number of anilines is 2. The number of nitrogens with one attached hydrogen (secondary N) is 2. The minimum atomic E-state index is -0.505. The van der Waals surface area contributed by atoms with Gasteiger partial charge >= 0.3 is 0 Å². The van der Waals surface area contributed by atoms with Gasteiger partial charge in [0.25, 0.3) is 5.56 Å². The maximum Gasteiger partial charge on any atom is 0.266 e. The third-order valence-electron chi connectivity index (χ3n) is 5.40. The third kappa shape index (κ3) is 3.61. The van der Waals surface area contributed by atoms with Crippen molar-refractivity contribution in [1.82, 2.24) is 29.7 Å². The summed E-state index contributed by atoms with van der Waals surface area (Å²) in [7, 11) is 0. The smallest absolute Gasteiger partial charge is 0.266 e. The Morgan fingerprint density at radius 3 is 2.68 bits per heavy atom. The lowest BCUT2D eigenvalue weighted by Gasteiger charge is -2.21. The molecule has 3 aromatic heterocycles. The molecule has 0 aliphatic heterocycles. The maximum atomic E-state index is 14.0. The first-order valence-electron chi connectivity index (χ1n) is 10.5. The van der Waals surface area contributed by atoms with Gasteiger partial charge in [0.1, 0.15) is 23.3 Å². The molecule has 166 valence electrons. The standard InChI is InChI=1S/C24H19N9O/c1-14(29-21-15(12-25)13-27-24(26)31-21)22-30-19-9-5-8-17(18-10-11-28-32-18)20(19)23(34)33(22)16-6-3-2-4-7-16/h2-11,13-14H,1H3,(H,28,32)(H3,26,27,29,31). The summed E-state index contributed by atoms with van der Waals surface area (Å²) in [5, 5.41) is 20.0. The number of rotatable bonds is 5. The van der Waals surface area contributed by atoms with E-state index in [2.05, 4.69) is 25.5 Å². The van der Waals surface area contributed by atoms with Crippen molar-refractivity contribution < 1.29 is 0 Å². The van der Waals surface area contributed by atoms with Gasteiger partial charge in [-0.3, -0.25) is 14.5 Å². The molecule has 0 saturated carbocycles. The van der Waals surface area contributed by atoms with E-state index in [9.17, 15) is 10.1 Å². The monoisotopic (exact) mass is 449 g/mol. The predicted octanol–water partition coefficient (Wildman–Crippen LogP) is 3.19. The fraction of sp³-hybridized carbons (Fsp3) is 0.0833. The second-order valence-corrected chi connectivity index (χ2v) is 7.58. The number of aromatic amines is 1. The summed E-state index contributed by atoms with van der Waals surface area (Å²) >= 11 is 0. The Bertz CT molecular complexity index is 1590. The Balaban J connectivity index is 1.74. The summed E-state index contributed by atoms with van der Waals surface area (Å²) in [5.41, 5.74) is 8.36. The van der Waals surface area contributed by atoms with E-state index < -0.39 is 6.04 Å². The van der Waals surface area contributed by atoms with Crippen molar-refractivity contribution in [3.05, 3.63) is 88.7 Å². The van der Waals surface area contributed by atoms with E-state index in [0.717, 1.165) is 5.69 Å². The van der Waals surface area contributed by atoms with Gasteiger partial charge in [-0.15, -0.1) is 0 Å². The molecule has 10 heteroatoms. The molecule has 5 aromatic rings. The van der Waals surface area contributed by atoms with E-state index in [0.29, 0.717) is 28.0 Å². The first kappa shape index (κ1) is 20.8. The number of nitrogens with two attached hydrogens (primary N) is 1. The number of aromatic nitrogens is 6. The summed E-state index contributed by atoms with van der Waals surface area (Å²) in [6.45, 7) is 1.84. The summed E-state index contributed by atoms with van der Waals surface area (Å²) in [6.07, 6.45) is 2.99. The van der Waals surface area contributed by atoms with Crippen LogP contribution in [0.5, 0.6) is 0 Å². The molecule has 3 heterocycles. The van der Waals surface area contributed by atoms with Crippen LogP contribution in [-0.2, 0) is 0 Å². The van der Waals surface area contributed by atoms with Crippen LogP contribution in [0.25, 0.3) is 27.8 Å². The molecule has 1 unspecified atom stereocenters. The van der Waals surface area contributed by atoms with Crippen molar-refractivity contribution in [2.45, 2.75) is 13.0 Å². The van der Waals surface area contributed by atoms with Crippen LogP contribution in [0.3, 0.4) is 0 Å². The Kier molecular flexibility index (Phi) is 5.20. The molecule has 0 aliphatic rings. The van der Waals surface area contributed by atoms with Crippen LogP contribution < -0.4 is 16.6 Å². The number of nitrogen functional groups attached to an aromatic ring is 1. The zero-order chi connectivity index (χ0) is 23.7. The van der Waals surface area contributed by atoms with E-state index in [4.69, 9.17) is 10.7 Å². The van der Waals surface area contributed by atoms with Crippen molar-refractivity contribution in [3.8, 4) is 23.0 Å². The highest BCUT2D eigenvalue weighted by atomic mass is 16.1. The molecular formula is C24H19N9O. The maximum absolute atomic E-state index is 14.0. The van der Waals surface area contributed by atoms with E-state index >= 15 is 0 Å². The molecule has 0 radical (unpaired) electrons. The van der Waals surface area contributed by atoms with Crippen molar-refractivity contribution in [3.63, 3.8) is 0 Å². The van der Waals surface area contributed by atoms with Gasteiger partial charge in [-0.25, -0.2) is 9.97 Å². The Hall–Kier alpha value is -5.04. The van der Waals surface area contributed by atoms with Gasteiger partial charge in [0.15, 0.2) is 0 Å². The summed E-state index contributed by atoms with van der Waals surface area (Å²) < 4.78 is 1.57. The molecule has 1 atom stereocenters. The van der Waals surface area contributed by atoms with Gasteiger partial charge < -0.3 is 11.1 Å². The highest BCUT2D eigenvalue weighted by Crippen LogP contribution is 2.27. The zero-order valence-corrected chi connectivity index (χ0v) is 18.1. The normalized spacial score (nSPS) is 11.8. The van der Waals surface area contributed by atoms with Gasteiger partial charge in [-0.05, 0) is 31.2 Å². The number of benzene rings is 2. The molecule has 2 aromatic carbocycles. The first-order chi connectivity index (χ1) is 16.6. The Morgan fingerprint density at radius 1 is 1.12 bits per heavy atom. The van der Waals surface area contributed by atoms with Crippen LogP contribution in [0.15, 0.2) is 71.8 Å². The lowest BCUT2D eigenvalue weighted by molar-refractivity contribution is 0.730. The zero-order valence-electron chi connectivity index (χ0n) is 18.1. The van der Waals surface area contributed by atoms with Gasteiger partial charge in [0.05, 0.1) is 34.5 Å². The lowest BCUT2D eigenvalue weighted by atomic mass is 10.1. The van der Waals surface area contributed by atoms with E-state index in [1.54, 1.807) is 16.8 Å². The van der Waals surface area contributed by atoms with Crippen LogP contribution in [0.1, 0.15) is 24.4 Å². The number of hydrogen-bond acceptors (Lipinski definition) is 8. The van der Waals surface area contributed by atoms with Crippen LogP contribution in [0, 0.1) is 11.3 Å².